The molecule has 0 bridgehead atoms. The van der Waals surface area contributed by atoms with Gasteiger partial charge in [0.1, 0.15) is 0 Å². The van der Waals surface area contributed by atoms with Crippen molar-refractivity contribution in [3.8, 4) is 66.8 Å². The number of benzene rings is 14. The Labute approximate surface area is 428 Å². The molecular weight excluding hydrogens is 889 g/mol. The van der Waals surface area contributed by atoms with Gasteiger partial charge < -0.3 is 0 Å². The van der Waals surface area contributed by atoms with Crippen molar-refractivity contribution in [1.82, 2.24) is 0 Å². The van der Waals surface area contributed by atoms with E-state index in [0.29, 0.717) is 0 Å². The smallest absolute Gasteiger partial charge is 0.000697 e. The number of hydrogen-bond acceptors (Lipinski definition) is 0. The van der Waals surface area contributed by atoms with E-state index in [1.807, 2.05) is 0 Å². The summed E-state index contributed by atoms with van der Waals surface area (Å²) in [6, 6.07) is 99.9. The number of hydrogen-bond donors (Lipinski definition) is 0. The standard InChI is InChI=1S/C74H44/c1-5-19-45(20-6-1)53-28-15-16-29-54(53)50-38-40-57-63(41-50)59-32-18-33-60-70(59)64(57)44-66-68(48-24-9-3-10-25-48)73-61-34-17-31-58-62-43-52(67-55-30-14-13-23-47(55)37-39-56(67)46-21-7-2-8-22-46)36-35-51(62)42-65(71(58)61)74(73)69(72(60)66)49-26-11-4-12-27-49/h1-44H. The molecule has 0 spiro atoms. The Morgan fingerprint density at radius 2 is 0.649 bits per heavy atom. The predicted molar refractivity (Wildman–Crippen MR) is 319 cm³/mol. The minimum atomic E-state index is 1.22. The largest absolute Gasteiger partial charge is 0.0622 e. The normalized spacial score (nSPS) is 12.1. The van der Waals surface area contributed by atoms with Crippen LogP contribution in [0.15, 0.2) is 267 Å². The lowest BCUT2D eigenvalue weighted by Crippen LogP contribution is -1.91. The van der Waals surface area contributed by atoms with Gasteiger partial charge in [-0.05, 0) is 188 Å². The molecule has 16 aromatic rings. The van der Waals surface area contributed by atoms with Gasteiger partial charge >= 0.3 is 0 Å². The van der Waals surface area contributed by atoms with E-state index in [1.165, 1.54) is 164 Å². The molecule has 16 rings (SSSR count). The van der Waals surface area contributed by atoms with Gasteiger partial charge in [-0.3, -0.25) is 0 Å². The fraction of sp³-hybridized carbons (Fsp3) is 0. The van der Waals surface area contributed by atoms with E-state index in [2.05, 4.69) is 267 Å². The van der Waals surface area contributed by atoms with Gasteiger partial charge in [0.25, 0.3) is 0 Å². The van der Waals surface area contributed by atoms with Crippen LogP contribution in [0.25, 0.3) is 164 Å². The molecule has 340 valence electrons. The minimum absolute atomic E-state index is 1.22. The van der Waals surface area contributed by atoms with Gasteiger partial charge in [0.2, 0.25) is 0 Å². The Morgan fingerprint density at radius 3 is 1.36 bits per heavy atom. The van der Waals surface area contributed by atoms with Crippen molar-refractivity contribution < 1.29 is 0 Å². The molecule has 0 saturated heterocycles. The maximum Gasteiger partial charge on any atom is -0.000697 e. The highest BCUT2D eigenvalue weighted by molar-refractivity contribution is 6.46. The Morgan fingerprint density at radius 1 is 0.149 bits per heavy atom. The quantitative estimate of drug-likeness (QED) is 0.146. The topological polar surface area (TPSA) is 0 Å². The van der Waals surface area contributed by atoms with Crippen LogP contribution in [0.3, 0.4) is 0 Å². The van der Waals surface area contributed by atoms with E-state index in [9.17, 15) is 0 Å². The second kappa shape index (κ2) is 15.9. The van der Waals surface area contributed by atoms with Crippen LogP contribution in [-0.2, 0) is 0 Å². The summed E-state index contributed by atoms with van der Waals surface area (Å²) < 4.78 is 0. The van der Waals surface area contributed by atoms with Crippen LogP contribution >= 0.6 is 0 Å². The molecule has 0 aliphatic carbocycles. The highest BCUT2D eigenvalue weighted by Crippen LogP contribution is 2.56. The molecule has 16 aromatic carbocycles. The molecule has 0 aromatic heterocycles. The third kappa shape index (κ3) is 5.91. The van der Waals surface area contributed by atoms with Crippen LogP contribution in [0, 0.1) is 0 Å². The van der Waals surface area contributed by atoms with E-state index < -0.39 is 0 Å². The Kier molecular flexibility index (Phi) is 8.84. The summed E-state index contributed by atoms with van der Waals surface area (Å²) in [6.07, 6.45) is 0. The lowest BCUT2D eigenvalue weighted by atomic mass is 9.83. The summed E-state index contributed by atoms with van der Waals surface area (Å²) in [5.41, 5.74) is 14.9. The molecule has 0 saturated carbocycles. The second-order valence-electron chi connectivity index (χ2n) is 20.1. The lowest BCUT2D eigenvalue weighted by Gasteiger charge is -2.19. The second-order valence-corrected chi connectivity index (χ2v) is 20.1. The molecule has 0 heterocycles. The zero-order chi connectivity index (χ0) is 48.4. The fourth-order valence-corrected chi connectivity index (χ4v) is 13.2. The van der Waals surface area contributed by atoms with Crippen molar-refractivity contribution in [3.63, 3.8) is 0 Å². The first-order valence-corrected chi connectivity index (χ1v) is 25.8. The zero-order valence-electron chi connectivity index (χ0n) is 40.4. The summed E-state index contributed by atoms with van der Waals surface area (Å²) >= 11 is 0. The average Bonchev–Trinajstić information content (AvgIpc) is 4.02. The van der Waals surface area contributed by atoms with Crippen molar-refractivity contribution >= 4 is 97.0 Å². The lowest BCUT2D eigenvalue weighted by molar-refractivity contribution is 1.60. The highest BCUT2D eigenvalue weighted by atomic mass is 14.3. The minimum Gasteiger partial charge on any atom is -0.0622 e. The van der Waals surface area contributed by atoms with Crippen LogP contribution in [0.2, 0.25) is 0 Å². The van der Waals surface area contributed by atoms with E-state index >= 15 is 0 Å². The SMILES string of the molecule is c1ccc(-c2ccccc2-c2ccc3c(c2)c2cccc4c5c(-c6ccccc6)c6c7cc8ccc(-c9c(-c%10ccccc%10)ccc%10ccccc9%10)cc8c8cccc(c6c(-c6ccccc6)c5cc3c24)c87)cc1. The summed E-state index contributed by atoms with van der Waals surface area (Å²) in [4.78, 5) is 0. The third-order valence-electron chi connectivity index (χ3n) is 16.3. The molecular formula is C74H44. The van der Waals surface area contributed by atoms with Gasteiger partial charge in [-0.1, -0.05) is 243 Å². The van der Waals surface area contributed by atoms with E-state index in [1.54, 1.807) is 0 Å². The Balaban J connectivity index is 1.03. The van der Waals surface area contributed by atoms with Crippen LogP contribution < -0.4 is 0 Å². The van der Waals surface area contributed by atoms with Crippen LogP contribution in [0.4, 0.5) is 0 Å². The van der Waals surface area contributed by atoms with Gasteiger partial charge in [-0.2, -0.15) is 0 Å². The monoisotopic (exact) mass is 932 g/mol. The van der Waals surface area contributed by atoms with Gasteiger partial charge in [0.05, 0.1) is 0 Å². The van der Waals surface area contributed by atoms with Crippen molar-refractivity contribution in [3.05, 3.63) is 267 Å². The summed E-state index contributed by atoms with van der Waals surface area (Å²) in [5.74, 6) is 0. The maximum atomic E-state index is 2.56. The van der Waals surface area contributed by atoms with Gasteiger partial charge in [0, 0.05) is 0 Å². The summed E-state index contributed by atoms with van der Waals surface area (Å²) in [5, 5.41) is 23.2. The first-order chi connectivity index (χ1) is 36.7. The highest BCUT2D eigenvalue weighted by Gasteiger charge is 2.27. The molecule has 0 N–H and O–H groups in total. The van der Waals surface area contributed by atoms with E-state index in [-0.39, 0.29) is 0 Å². The van der Waals surface area contributed by atoms with Crippen molar-refractivity contribution in [2.75, 3.05) is 0 Å². The molecule has 74 heavy (non-hydrogen) atoms. The van der Waals surface area contributed by atoms with Crippen LogP contribution in [0.1, 0.15) is 0 Å². The van der Waals surface area contributed by atoms with E-state index in [4.69, 9.17) is 0 Å². The third-order valence-corrected chi connectivity index (χ3v) is 16.3. The number of rotatable bonds is 6. The zero-order valence-corrected chi connectivity index (χ0v) is 40.4. The molecule has 0 nitrogen and oxygen atoms in total. The Bertz CT molecular complexity index is 4900. The van der Waals surface area contributed by atoms with Gasteiger partial charge in [-0.15, -0.1) is 0 Å². The predicted octanol–water partition coefficient (Wildman–Crippen LogP) is 20.9. The summed E-state index contributed by atoms with van der Waals surface area (Å²) in [6.45, 7) is 0. The molecule has 0 aliphatic heterocycles. The molecule has 0 amide bonds. The summed E-state index contributed by atoms with van der Waals surface area (Å²) in [7, 11) is 0. The van der Waals surface area contributed by atoms with Crippen molar-refractivity contribution in [1.29, 1.82) is 0 Å². The van der Waals surface area contributed by atoms with Crippen molar-refractivity contribution in [2.45, 2.75) is 0 Å². The van der Waals surface area contributed by atoms with Gasteiger partial charge in [0.15, 0.2) is 0 Å². The maximum absolute atomic E-state index is 2.56. The van der Waals surface area contributed by atoms with Crippen LogP contribution in [0.5, 0.6) is 0 Å². The number of fused-ring (bicyclic) bond motifs is 11. The molecule has 0 atom stereocenters. The molecule has 0 fully saturated rings. The fourth-order valence-electron chi connectivity index (χ4n) is 13.2. The first kappa shape index (κ1) is 41.0. The molecule has 0 unspecified atom stereocenters. The van der Waals surface area contributed by atoms with Gasteiger partial charge in [-0.25, -0.2) is 0 Å². The van der Waals surface area contributed by atoms with Crippen LogP contribution in [-0.4, -0.2) is 0 Å². The Hall–Kier alpha value is -9.62. The average molecular weight is 933 g/mol. The molecule has 0 heteroatoms. The van der Waals surface area contributed by atoms with E-state index in [0.717, 1.165) is 0 Å². The van der Waals surface area contributed by atoms with Crippen molar-refractivity contribution in [2.24, 2.45) is 0 Å². The molecule has 0 aliphatic rings. The molecule has 0 radical (unpaired) electrons. The first-order valence-electron chi connectivity index (χ1n) is 25.8.